The summed E-state index contributed by atoms with van der Waals surface area (Å²) in [5.41, 5.74) is 4.52. The number of nitrogens with two attached hydrogens (primary N) is 1. The fourth-order valence-electron chi connectivity index (χ4n) is 4.14. The highest BCUT2D eigenvalue weighted by molar-refractivity contribution is 6.28. The van der Waals surface area contributed by atoms with E-state index in [0.29, 0.717) is 11.1 Å². The summed E-state index contributed by atoms with van der Waals surface area (Å²) in [6, 6.07) is 4.53. The number of phenolic OH excluding ortho intramolecular Hbond substituents is 1. The molecule has 0 heterocycles. The molecule has 0 unspecified atom stereocenters. The van der Waals surface area contributed by atoms with Gasteiger partial charge in [-0.2, -0.15) is 0 Å². The summed E-state index contributed by atoms with van der Waals surface area (Å²) < 4.78 is 0. The van der Waals surface area contributed by atoms with Crippen LogP contribution in [0.3, 0.4) is 0 Å². The van der Waals surface area contributed by atoms with E-state index in [2.05, 4.69) is 0 Å². The van der Waals surface area contributed by atoms with Gasteiger partial charge in [0.1, 0.15) is 17.1 Å². The molecule has 0 atom stereocenters. The quantitative estimate of drug-likeness (QED) is 0.346. The van der Waals surface area contributed by atoms with Gasteiger partial charge in [0.05, 0.1) is 16.7 Å². The molecule has 0 saturated carbocycles. The van der Waals surface area contributed by atoms with Crippen LogP contribution in [0, 0.1) is 0 Å². The highest BCUT2D eigenvalue weighted by atomic mass is 16.5. The van der Waals surface area contributed by atoms with Gasteiger partial charge in [0.25, 0.3) is 5.91 Å². The number of amides is 1. The van der Waals surface area contributed by atoms with E-state index in [1.807, 2.05) is 0 Å². The van der Waals surface area contributed by atoms with E-state index in [9.17, 15) is 34.8 Å². The molecule has 0 aromatic heterocycles. The maximum atomic E-state index is 12.9. The van der Waals surface area contributed by atoms with Crippen molar-refractivity contribution in [1.82, 2.24) is 0 Å². The minimum atomic E-state index is -2.96. The van der Waals surface area contributed by atoms with E-state index >= 15 is 0 Å². The molecule has 4 rings (SSSR count). The number of hydrogen-bond acceptors (Lipinski definition) is 7. The first-order valence-corrected chi connectivity index (χ1v) is 8.16. The molecular weight excluding hydrogens is 354 g/mol. The SMILES string of the molecule is NC(=O)C1=C(O)CC2=C(C1=O)C(O)(O)C1=C(C2)Cc2cccc(O)c2C1=O. The second-order valence-corrected chi connectivity index (χ2v) is 6.82. The van der Waals surface area contributed by atoms with E-state index in [4.69, 9.17) is 5.73 Å². The van der Waals surface area contributed by atoms with Crippen LogP contribution < -0.4 is 5.73 Å². The predicted molar refractivity (Wildman–Crippen MR) is 90.5 cm³/mol. The monoisotopic (exact) mass is 369 g/mol. The highest BCUT2D eigenvalue weighted by Gasteiger charge is 2.52. The maximum Gasteiger partial charge on any atom is 0.256 e. The number of allylic oxidation sites excluding steroid dienone is 2. The van der Waals surface area contributed by atoms with Crippen molar-refractivity contribution in [2.45, 2.75) is 25.0 Å². The molecule has 0 saturated heterocycles. The number of carbonyl (C=O) groups is 3. The van der Waals surface area contributed by atoms with Crippen molar-refractivity contribution in [3.63, 3.8) is 0 Å². The van der Waals surface area contributed by atoms with Crippen molar-refractivity contribution in [2.75, 3.05) is 0 Å². The molecule has 0 fully saturated rings. The molecule has 138 valence electrons. The molecule has 0 bridgehead atoms. The number of aliphatic hydroxyl groups excluding tert-OH is 1. The number of phenols is 1. The van der Waals surface area contributed by atoms with E-state index in [1.165, 1.54) is 6.07 Å². The van der Waals surface area contributed by atoms with Crippen LogP contribution in [0.25, 0.3) is 0 Å². The van der Waals surface area contributed by atoms with Crippen LogP contribution in [-0.2, 0) is 16.0 Å². The highest BCUT2D eigenvalue weighted by Crippen LogP contribution is 2.47. The third kappa shape index (κ3) is 2.20. The van der Waals surface area contributed by atoms with Gasteiger partial charge in [-0.05, 0) is 35.6 Å². The number of aliphatic hydroxyl groups is 3. The Labute approximate surface area is 152 Å². The summed E-state index contributed by atoms with van der Waals surface area (Å²) in [5.74, 6) is -6.91. The van der Waals surface area contributed by atoms with Crippen molar-refractivity contribution in [2.24, 2.45) is 5.73 Å². The van der Waals surface area contributed by atoms with Gasteiger partial charge in [0.15, 0.2) is 5.78 Å². The lowest BCUT2D eigenvalue weighted by Crippen LogP contribution is -2.47. The van der Waals surface area contributed by atoms with E-state index in [1.54, 1.807) is 12.1 Å². The zero-order chi connectivity index (χ0) is 19.7. The van der Waals surface area contributed by atoms with Gasteiger partial charge in [-0.1, -0.05) is 12.1 Å². The first-order chi connectivity index (χ1) is 12.6. The van der Waals surface area contributed by atoms with Crippen LogP contribution in [0.4, 0.5) is 0 Å². The molecule has 8 nitrogen and oxygen atoms in total. The minimum absolute atomic E-state index is 0.0513. The molecule has 27 heavy (non-hydrogen) atoms. The van der Waals surface area contributed by atoms with Crippen LogP contribution in [-0.4, -0.2) is 43.7 Å². The molecule has 1 aromatic carbocycles. The fraction of sp³-hybridized carbons (Fsp3) is 0.211. The van der Waals surface area contributed by atoms with Crippen molar-refractivity contribution >= 4 is 17.5 Å². The zero-order valence-corrected chi connectivity index (χ0v) is 13.9. The first kappa shape index (κ1) is 17.2. The summed E-state index contributed by atoms with van der Waals surface area (Å²) in [4.78, 5) is 37.1. The van der Waals surface area contributed by atoms with Gasteiger partial charge in [-0.25, -0.2) is 0 Å². The first-order valence-electron chi connectivity index (χ1n) is 8.16. The number of fused-ring (bicyclic) bond motifs is 1. The molecule has 3 aliphatic rings. The Morgan fingerprint density at radius 3 is 2.26 bits per heavy atom. The molecular formula is C19H15NO7. The van der Waals surface area contributed by atoms with Crippen LogP contribution in [0.15, 0.2) is 51.8 Å². The average molecular weight is 369 g/mol. The standard InChI is InChI=1S/C19H15NO7/c20-18(25)13-11(22)6-9-5-8-4-7-2-1-3-10(21)12(7)16(23)14(8)19(26,27)15(9)17(13)24/h1-3,21-22,26-27H,4-6H2,(H2,20,25). The third-order valence-electron chi connectivity index (χ3n) is 5.19. The summed E-state index contributed by atoms with van der Waals surface area (Å²) in [6.45, 7) is 0. The molecule has 1 amide bonds. The lowest BCUT2D eigenvalue weighted by Gasteiger charge is -2.39. The summed E-state index contributed by atoms with van der Waals surface area (Å²) >= 11 is 0. The largest absolute Gasteiger partial charge is 0.511 e. The van der Waals surface area contributed by atoms with E-state index < -0.39 is 45.7 Å². The Hall–Kier alpha value is -3.23. The molecule has 1 aromatic rings. The van der Waals surface area contributed by atoms with Crippen molar-refractivity contribution in [1.29, 1.82) is 0 Å². The van der Waals surface area contributed by atoms with Gasteiger partial charge in [0.2, 0.25) is 11.6 Å². The van der Waals surface area contributed by atoms with E-state index in [-0.39, 0.29) is 36.1 Å². The average Bonchev–Trinajstić information content (AvgIpc) is 2.52. The van der Waals surface area contributed by atoms with Crippen LogP contribution in [0.5, 0.6) is 5.75 Å². The van der Waals surface area contributed by atoms with Crippen LogP contribution in [0.2, 0.25) is 0 Å². The number of ketones is 2. The number of hydrogen-bond donors (Lipinski definition) is 5. The van der Waals surface area contributed by atoms with E-state index in [0.717, 1.165) is 0 Å². The van der Waals surface area contributed by atoms with Gasteiger partial charge < -0.3 is 26.2 Å². The molecule has 0 aliphatic heterocycles. The molecule has 0 spiro atoms. The van der Waals surface area contributed by atoms with Gasteiger partial charge in [0, 0.05) is 6.42 Å². The molecule has 3 aliphatic carbocycles. The topological polar surface area (TPSA) is 158 Å². The van der Waals surface area contributed by atoms with Crippen molar-refractivity contribution < 1.29 is 34.8 Å². The number of Topliss-reactive ketones (excluding diaryl/α,β-unsaturated/α-hetero) is 2. The summed E-state index contributed by atoms with van der Waals surface area (Å²) in [5, 5.41) is 41.6. The second-order valence-electron chi connectivity index (χ2n) is 6.82. The number of carbonyl (C=O) groups excluding carboxylic acids is 3. The van der Waals surface area contributed by atoms with Crippen LogP contribution in [0.1, 0.15) is 28.8 Å². The number of aromatic hydroxyl groups is 1. The predicted octanol–water partition coefficient (Wildman–Crippen LogP) is 0.0790. The van der Waals surface area contributed by atoms with Gasteiger partial charge in [-0.15, -0.1) is 0 Å². The molecule has 6 N–H and O–H groups in total. The maximum absolute atomic E-state index is 12.9. The number of benzene rings is 1. The summed E-state index contributed by atoms with van der Waals surface area (Å²) in [6.07, 6.45) is -0.0257. The van der Waals surface area contributed by atoms with Crippen LogP contribution >= 0.6 is 0 Å². The lowest BCUT2D eigenvalue weighted by atomic mass is 9.69. The lowest BCUT2D eigenvalue weighted by molar-refractivity contribution is -0.128. The Morgan fingerprint density at radius 1 is 0.963 bits per heavy atom. The molecule has 8 heteroatoms. The minimum Gasteiger partial charge on any atom is -0.511 e. The Balaban J connectivity index is 1.87. The normalized spacial score (nSPS) is 21.1. The van der Waals surface area contributed by atoms with Gasteiger partial charge >= 0.3 is 0 Å². The Bertz CT molecular complexity index is 1060. The molecule has 0 radical (unpaired) electrons. The number of primary amides is 1. The zero-order valence-electron chi connectivity index (χ0n) is 13.9. The smallest absolute Gasteiger partial charge is 0.256 e. The van der Waals surface area contributed by atoms with Crippen molar-refractivity contribution in [3.8, 4) is 5.75 Å². The third-order valence-corrected chi connectivity index (χ3v) is 5.19. The van der Waals surface area contributed by atoms with Crippen molar-refractivity contribution in [3.05, 3.63) is 63.0 Å². The summed E-state index contributed by atoms with van der Waals surface area (Å²) in [7, 11) is 0. The Kier molecular flexibility index (Phi) is 3.43. The van der Waals surface area contributed by atoms with Gasteiger partial charge in [-0.3, -0.25) is 14.4 Å². The number of rotatable bonds is 1. The Morgan fingerprint density at radius 2 is 1.59 bits per heavy atom. The fourth-order valence-corrected chi connectivity index (χ4v) is 4.14. The second kappa shape index (κ2) is 5.38.